The number of benzene rings is 1. The van der Waals surface area contributed by atoms with Crippen LogP contribution in [0.2, 0.25) is 0 Å². The Morgan fingerprint density at radius 1 is 1.16 bits per heavy atom. The first-order valence-corrected chi connectivity index (χ1v) is 7.19. The smallest absolute Gasteiger partial charge is 0.263 e. The summed E-state index contributed by atoms with van der Waals surface area (Å²) in [6.07, 6.45) is 1.53. The first-order valence-electron chi connectivity index (χ1n) is 5.71. The molecule has 2 rings (SSSR count). The number of nitrogens with two attached hydrogens (primary N) is 1. The van der Waals surface area contributed by atoms with Gasteiger partial charge in [-0.1, -0.05) is 6.07 Å². The van der Waals surface area contributed by atoms with E-state index in [1.165, 1.54) is 6.20 Å². The second kappa shape index (κ2) is 4.89. The van der Waals surface area contributed by atoms with Gasteiger partial charge in [-0.25, -0.2) is 13.4 Å². The third-order valence-corrected chi connectivity index (χ3v) is 4.31. The van der Waals surface area contributed by atoms with Crippen molar-refractivity contribution < 1.29 is 8.42 Å². The van der Waals surface area contributed by atoms with E-state index < -0.39 is 10.0 Å². The van der Waals surface area contributed by atoms with Crippen LogP contribution in [-0.4, -0.2) is 13.4 Å². The van der Waals surface area contributed by atoms with E-state index >= 15 is 0 Å². The van der Waals surface area contributed by atoms with Crippen molar-refractivity contribution in [2.24, 2.45) is 0 Å². The lowest BCUT2D eigenvalue weighted by Crippen LogP contribution is -2.16. The summed E-state index contributed by atoms with van der Waals surface area (Å²) in [7, 11) is -3.66. The number of aryl methyl sites for hydroxylation is 2. The maximum Gasteiger partial charge on any atom is 0.263 e. The zero-order valence-electron chi connectivity index (χ0n) is 10.7. The van der Waals surface area contributed by atoms with Gasteiger partial charge in [0.15, 0.2) is 0 Å². The molecular weight excluding hydrogens is 262 g/mol. The fourth-order valence-corrected chi connectivity index (χ4v) is 3.48. The number of anilines is 2. The number of nitrogens with zero attached hydrogens (tertiary/aromatic N) is 1. The van der Waals surface area contributed by atoms with Crippen LogP contribution in [0.4, 0.5) is 11.5 Å². The normalized spacial score (nSPS) is 11.3. The summed E-state index contributed by atoms with van der Waals surface area (Å²) in [5.74, 6) is 0.290. The van der Waals surface area contributed by atoms with Crippen LogP contribution < -0.4 is 10.5 Å². The van der Waals surface area contributed by atoms with Crippen molar-refractivity contribution in [1.82, 2.24) is 4.98 Å². The van der Waals surface area contributed by atoms with Crippen LogP contribution in [0.3, 0.4) is 0 Å². The summed E-state index contributed by atoms with van der Waals surface area (Å²) in [6.45, 7) is 3.44. The van der Waals surface area contributed by atoms with E-state index in [2.05, 4.69) is 9.71 Å². The molecule has 100 valence electrons. The van der Waals surface area contributed by atoms with E-state index in [1.807, 2.05) is 0 Å². The molecule has 0 aliphatic rings. The van der Waals surface area contributed by atoms with Crippen LogP contribution in [0.1, 0.15) is 11.1 Å². The molecule has 0 saturated heterocycles. The number of aromatic nitrogens is 1. The summed E-state index contributed by atoms with van der Waals surface area (Å²) in [4.78, 5) is 4.19. The van der Waals surface area contributed by atoms with Gasteiger partial charge >= 0.3 is 0 Å². The molecule has 0 saturated carbocycles. The number of nitrogens with one attached hydrogen (secondary N) is 1. The van der Waals surface area contributed by atoms with Gasteiger partial charge in [0.05, 0.1) is 4.90 Å². The fourth-order valence-electron chi connectivity index (χ4n) is 2.02. The Labute approximate surface area is 112 Å². The van der Waals surface area contributed by atoms with Crippen LogP contribution in [-0.2, 0) is 10.0 Å². The molecule has 0 aliphatic carbocycles. The first-order chi connectivity index (χ1) is 8.90. The minimum absolute atomic E-state index is 0.243. The van der Waals surface area contributed by atoms with Crippen molar-refractivity contribution in [3.63, 3.8) is 0 Å². The molecule has 0 fully saturated rings. The average Bonchev–Trinajstić information content (AvgIpc) is 2.27. The molecule has 1 aromatic carbocycles. The largest absolute Gasteiger partial charge is 0.399 e. The third kappa shape index (κ3) is 2.85. The lowest BCUT2D eigenvalue weighted by atomic mass is 10.1. The highest BCUT2D eigenvalue weighted by Gasteiger charge is 2.20. The zero-order chi connectivity index (χ0) is 14.0. The molecule has 3 N–H and O–H groups in total. The lowest BCUT2D eigenvalue weighted by Gasteiger charge is -2.13. The Balaban J connectivity index is 2.46. The van der Waals surface area contributed by atoms with Gasteiger partial charge in [0, 0.05) is 11.9 Å². The molecule has 5 nitrogen and oxygen atoms in total. The molecule has 0 bridgehead atoms. The van der Waals surface area contributed by atoms with Gasteiger partial charge in [-0.2, -0.15) is 0 Å². The first kappa shape index (κ1) is 13.4. The van der Waals surface area contributed by atoms with E-state index in [9.17, 15) is 8.42 Å². The minimum atomic E-state index is -3.66. The summed E-state index contributed by atoms with van der Waals surface area (Å²) in [5, 5.41) is 0. The van der Waals surface area contributed by atoms with Gasteiger partial charge in [-0.3, -0.25) is 4.72 Å². The van der Waals surface area contributed by atoms with E-state index in [0.29, 0.717) is 16.8 Å². The van der Waals surface area contributed by atoms with Gasteiger partial charge in [-0.05, 0) is 49.2 Å². The summed E-state index contributed by atoms with van der Waals surface area (Å²) >= 11 is 0. The average molecular weight is 277 g/mol. The number of nitrogen functional groups attached to an aromatic ring is 1. The summed E-state index contributed by atoms with van der Waals surface area (Å²) in [6, 6.07) is 8.31. The molecule has 6 heteroatoms. The van der Waals surface area contributed by atoms with Crippen molar-refractivity contribution >= 4 is 21.5 Å². The van der Waals surface area contributed by atoms with Gasteiger partial charge in [-0.15, -0.1) is 0 Å². The maximum atomic E-state index is 12.4. The van der Waals surface area contributed by atoms with Gasteiger partial charge < -0.3 is 5.73 Å². The SMILES string of the molecule is Cc1cc(N)cc(C)c1S(=O)(=O)Nc1ccccn1. The summed E-state index contributed by atoms with van der Waals surface area (Å²) in [5.41, 5.74) is 7.47. The number of pyridine rings is 1. The fraction of sp³-hybridized carbons (Fsp3) is 0.154. The number of sulfonamides is 1. The number of hydrogen-bond donors (Lipinski definition) is 2. The second-order valence-electron chi connectivity index (χ2n) is 4.30. The highest BCUT2D eigenvalue weighted by atomic mass is 32.2. The van der Waals surface area contributed by atoms with E-state index in [1.54, 1.807) is 44.2 Å². The number of hydrogen-bond acceptors (Lipinski definition) is 4. The van der Waals surface area contributed by atoms with Gasteiger partial charge in [0.25, 0.3) is 10.0 Å². The molecule has 0 spiro atoms. The molecule has 0 amide bonds. The predicted molar refractivity (Wildman–Crippen MR) is 75.4 cm³/mol. The van der Waals surface area contributed by atoms with Crippen LogP contribution in [0, 0.1) is 13.8 Å². The van der Waals surface area contributed by atoms with Crippen molar-refractivity contribution in [3.05, 3.63) is 47.7 Å². The van der Waals surface area contributed by atoms with E-state index in [-0.39, 0.29) is 10.7 Å². The van der Waals surface area contributed by atoms with Crippen molar-refractivity contribution in [2.45, 2.75) is 18.7 Å². The molecule has 1 heterocycles. The molecule has 1 aromatic heterocycles. The second-order valence-corrected chi connectivity index (χ2v) is 5.92. The Morgan fingerprint density at radius 2 is 1.79 bits per heavy atom. The number of rotatable bonds is 3. The lowest BCUT2D eigenvalue weighted by molar-refractivity contribution is 0.600. The molecule has 0 radical (unpaired) electrons. The Morgan fingerprint density at radius 3 is 2.32 bits per heavy atom. The van der Waals surface area contributed by atoms with Crippen LogP contribution in [0.25, 0.3) is 0 Å². The molecule has 0 aliphatic heterocycles. The Hall–Kier alpha value is -2.08. The van der Waals surface area contributed by atoms with Crippen molar-refractivity contribution in [2.75, 3.05) is 10.5 Å². The quantitative estimate of drug-likeness (QED) is 0.841. The molecule has 2 aromatic rings. The van der Waals surface area contributed by atoms with Gasteiger partial charge in [0.2, 0.25) is 0 Å². The maximum absolute atomic E-state index is 12.4. The standard InChI is InChI=1S/C13H15N3O2S/c1-9-7-11(14)8-10(2)13(9)19(17,18)16-12-5-3-4-6-15-12/h3-8H,14H2,1-2H3,(H,15,16). The topological polar surface area (TPSA) is 85.1 Å². The molecule has 0 atom stereocenters. The van der Waals surface area contributed by atoms with Crippen LogP contribution >= 0.6 is 0 Å². The monoisotopic (exact) mass is 277 g/mol. The molecular formula is C13H15N3O2S. The highest BCUT2D eigenvalue weighted by molar-refractivity contribution is 7.92. The zero-order valence-corrected chi connectivity index (χ0v) is 11.5. The van der Waals surface area contributed by atoms with Crippen LogP contribution in [0.5, 0.6) is 0 Å². The highest BCUT2D eigenvalue weighted by Crippen LogP contribution is 2.24. The summed E-state index contributed by atoms with van der Waals surface area (Å²) < 4.78 is 27.2. The minimum Gasteiger partial charge on any atom is -0.399 e. The molecule has 0 unspecified atom stereocenters. The van der Waals surface area contributed by atoms with E-state index in [0.717, 1.165) is 0 Å². The van der Waals surface area contributed by atoms with Crippen molar-refractivity contribution in [1.29, 1.82) is 0 Å². The molecule has 19 heavy (non-hydrogen) atoms. The Bertz CT molecular complexity index is 674. The van der Waals surface area contributed by atoms with E-state index in [4.69, 9.17) is 5.73 Å². The third-order valence-electron chi connectivity index (χ3n) is 2.66. The predicted octanol–water partition coefficient (Wildman–Crippen LogP) is 2.08. The van der Waals surface area contributed by atoms with Gasteiger partial charge in [0.1, 0.15) is 5.82 Å². The van der Waals surface area contributed by atoms with Crippen LogP contribution in [0.15, 0.2) is 41.4 Å². The Kier molecular flexibility index (Phi) is 3.44. The van der Waals surface area contributed by atoms with Crippen molar-refractivity contribution in [3.8, 4) is 0 Å².